The Bertz CT molecular complexity index is 716. The summed E-state index contributed by atoms with van der Waals surface area (Å²) in [4.78, 5) is 2.30. The molecule has 1 aliphatic heterocycles. The van der Waals surface area contributed by atoms with Gasteiger partial charge in [0.15, 0.2) is 11.5 Å². The van der Waals surface area contributed by atoms with Gasteiger partial charge >= 0.3 is 0 Å². The summed E-state index contributed by atoms with van der Waals surface area (Å²) >= 11 is 0. The largest absolute Gasteiger partial charge is 0.493 e. The number of methoxy groups -OCH3 is 2. The first-order chi connectivity index (χ1) is 12.7. The molecule has 0 amide bonds. The Morgan fingerprint density at radius 3 is 2.46 bits per heavy atom. The normalized spacial score (nSPS) is 16.8. The van der Waals surface area contributed by atoms with Crippen LogP contribution in [-0.4, -0.2) is 38.4 Å². The summed E-state index contributed by atoms with van der Waals surface area (Å²) in [5.74, 6) is 1.23. The van der Waals surface area contributed by atoms with E-state index in [4.69, 9.17) is 14.2 Å². The number of rotatable bonds is 8. The van der Waals surface area contributed by atoms with Crippen LogP contribution >= 0.6 is 0 Å². The summed E-state index contributed by atoms with van der Waals surface area (Å²) in [7, 11) is 3.27. The standard InChI is InChI=1S/C21H26FNO3/c1-24-20-9-8-17(12-21(20)25-2)14-23(15-19-7-4-10-26-19)13-16-5-3-6-18(22)11-16/h3,5-6,8-9,11-12,19H,4,7,10,13-15H2,1-2H3. The number of hydrogen-bond acceptors (Lipinski definition) is 4. The van der Waals surface area contributed by atoms with Crippen LogP contribution in [0.1, 0.15) is 24.0 Å². The minimum atomic E-state index is -0.203. The molecule has 1 unspecified atom stereocenters. The molecular formula is C21H26FNO3. The second-order valence-corrected chi connectivity index (χ2v) is 6.62. The van der Waals surface area contributed by atoms with Crippen LogP contribution in [0, 0.1) is 5.82 Å². The second kappa shape index (κ2) is 9.01. The van der Waals surface area contributed by atoms with Crippen molar-refractivity contribution >= 4 is 0 Å². The first-order valence-corrected chi connectivity index (χ1v) is 8.97. The topological polar surface area (TPSA) is 30.9 Å². The van der Waals surface area contributed by atoms with Gasteiger partial charge in [-0.15, -0.1) is 0 Å². The Hall–Kier alpha value is -2.11. The lowest BCUT2D eigenvalue weighted by atomic mass is 10.1. The summed E-state index contributed by atoms with van der Waals surface area (Å²) in [5, 5.41) is 0. The highest BCUT2D eigenvalue weighted by molar-refractivity contribution is 5.42. The van der Waals surface area contributed by atoms with Crippen LogP contribution < -0.4 is 9.47 Å². The summed E-state index contributed by atoms with van der Waals surface area (Å²) in [6, 6.07) is 12.7. The highest BCUT2D eigenvalue weighted by Gasteiger charge is 2.20. The average molecular weight is 359 g/mol. The van der Waals surface area contributed by atoms with Crippen molar-refractivity contribution in [1.29, 1.82) is 0 Å². The van der Waals surface area contributed by atoms with Crippen molar-refractivity contribution < 1.29 is 18.6 Å². The van der Waals surface area contributed by atoms with Gasteiger partial charge in [-0.3, -0.25) is 4.90 Å². The fourth-order valence-electron chi connectivity index (χ4n) is 3.39. The fourth-order valence-corrected chi connectivity index (χ4v) is 3.39. The molecule has 3 rings (SSSR count). The zero-order chi connectivity index (χ0) is 18.4. The molecule has 4 nitrogen and oxygen atoms in total. The monoisotopic (exact) mass is 359 g/mol. The molecule has 1 saturated heterocycles. The lowest BCUT2D eigenvalue weighted by molar-refractivity contribution is 0.0678. The zero-order valence-corrected chi connectivity index (χ0v) is 15.4. The van der Waals surface area contributed by atoms with E-state index in [2.05, 4.69) is 4.90 Å². The summed E-state index contributed by atoms with van der Waals surface area (Å²) in [5.41, 5.74) is 2.08. The van der Waals surface area contributed by atoms with E-state index < -0.39 is 0 Å². The number of halogens is 1. The van der Waals surface area contributed by atoms with Gasteiger partial charge in [-0.05, 0) is 48.2 Å². The van der Waals surface area contributed by atoms with E-state index in [1.807, 2.05) is 24.3 Å². The summed E-state index contributed by atoms with van der Waals surface area (Å²) < 4.78 is 30.1. The van der Waals surface area contributed by atoms with Gasteiger partial charge in [-0.2, -0.15) is 0 Å². The van der Waals surface area contributed by atoms with Crippen LogP contribution in [0.15, 0.2) is 42.5 Å². The Balaban J connectivity index is 1.76. The third-order valence-electron chi connectivity index (χ3n) is 4.64. The van der Waals surface area contributed by atoms with Crippen LogP contribution in [0.2, 0.25) is 0 Å². The Labute approximate surface area is 154 Å². The van der Waals surface area contributed by atoms with Gasteiger partial charge in [0.25, 0.3) is 0 Å². The molecule has 1 atom stereocenters. The molecule has 0 aromatic heterocycles. The minimum absolute atomic E-state index is 0.203. The van der Waals surface area contributed by atoms with Gasteiger partial charge in [0.05, 0.1) is 20.3 Å². The van der Waals surface area contributed by atoms with Crippen LogP contribution in [0.3, 0.4) is 0 Å². The van der Waals surface area contributed by atoms with E-state index in [1.165, 1.54) is 6.07 Å². The molecular weight excluding hydrogens is 333 g/mol. The molecule has 1 heterocycles. The first-order valence-electron chi connectivity index (χ1n) is 8.97. The van der Waals surface area contributed by atoms with E-state index in [9.17, 15) is 4.39 Å². The van der Waals surface area contributed by atoms with E-state index in [-0.39, 0.29) is 11.9 Å². The molecule has 2 aromatic carbocycles. The predicted molar refractivity (Wildman–Crippen MR) is 99.0 cm³/mol. The molecule has 0 radical (unpaired) electrons. The summed E-state index contributed by atoms with van der Waals surface area (Å²) in [6.45, 7) is 3.06. The van der Waals surface area contributed by atoms with Crippen LogP contribution in [0.25, 0.3) is 0 Å². The molecule has 0 bridgehead atoms. The Kier molecular flexibility index (Phi) is 6.47. The van der Waals surface area contributed by atoms with Gasteiger partial charge in [-0.1, -0.05) is 18.2 Å². The van der Waals surface area contributed by atoms with Crippen LogP contribution in [0.5, 0.6) is 11.5 Å². The van der Waals surface area contributed by atoms with Gasteiger partial charge in [0.1, 0.15) is 5.82 Å². The molecule has 2 aromatic rings. The van der Waals surface area contributed by atoms with Crippen molar-refractivity contribution in [3.8, 4) is 11.5 Å². The third kappa shape index (κ3) is 4.96. The van der Waals surface area contributed by atoms with E-state index in [0.29, 0.717) is 18.0 Å². The zero-order valence-electron chi connectivity index (χ0n) is 15.4. The van der Waals surface area contributed by atoms with E-state index in [0.717, 1.165) is 43.7 Å². The Morgan fingerprint density at radius 2 is 1.81 bits per heavy atom. The van der Waals surface area contributed by atoms with Crippen molar-refractivity contribution in [3.63, 3.8) is 0 Å². The summed E-state index contributed by atoms with van der Waals surface area (Å²) in [6.07, 6.45) is 2.42. The van der Waals surface area contributed by atoms with Gasteiger partial charge in [0, 0.05) is 26.2 Å². The quantitative estimate of drug-likeness (QED) is 0.712. The van der Waals surface area contributed by atoms with Crippen molar-refractivity contribution in [1.82, 2.24) is 4.90 Å². The molecule has 1 fully saturated rings. The molecule has 0 N–H and O–H groups in total. The fraction of sp³-hybridized carbons (Fsp3) is 0.429. The molecule has 5 heteroatoms. The van der Waals surface area contributed by atoms with Crippen molar-refractivity contribution in [2.45, 2.75) is 32.0 Å². The van der Waals surface area contributed by atoms with Crippen molar-refractivity contribution in [2.24, 2.45) is 0 Å². The second-order valence-electron chi connectivity index (χ2n) is 6.62. The van der Waals surface area contributed by atoms with E-state index >= 15 is 0 Å². The number of ether oxygens (including phenoxy) is 3. The van der Waals surface area contributed by atoms with Gasteiger partial charge < -0.3 is 14.2 Å². The van der Waals surface area contributed by atoms with Gasteiger partial charge in [0.2, 0.25) is 0 Å². The maximum Gasteiger partial charge on any atom is 0.161 e. The number of hydrogen-bond donors (Lipinski definition) is 0. The van der Waals surface area contributed by atoms with Crippen molar-refractivity contribution in [2.75, 3.05) is 27.4 Å². The minimum Gasteiger partial charge on any atom is -0.493 e. The van der Waals surface area contributed by atoms with Crippen LogP contribution in [-0.2, 0) is 17.8 Å². The SMILES string of the molecule is COc1ccc(CN(Cc2cccc(F)c2)CC2CCCO2)cc1OC. The maximum atomic E-state index is 13.6. The highest BCUT2D eigenvalue weighted by atomic mass is 19.1. The first kappa shape index (κ1) is 18.7. The molecule has 26 heavy (non-hydrogen) atoms. The predicted octanol–water partition coefficient (Wildman–Crippen LogP) is 4.02. The van der Waals surface area contributed by atoms with E-state index in [1.54, 1.807) is 26.4 Å². The van der Waals surface area contributed by atoms with Crippen molar-refractivity contribution in [3.05, 3.63) is 59.4 Å². The molecule has 0 aliphatic carbocycles. The average Bonchev–Trinajstić information content (AvgIpc) is 3.14. The Morgan fingerprint density at radius 1 is 1.04 bits per heavy atom. The maximum absolute atomic E-state index is 13.6. The van der Waals surface area contributed by atoms with Gasteiger partial charge in [-0.25, -0.2) is 4.39 Å². The molecule has 0 spiro atoms. The number of benzene rings is 2. The highest BCUT2D eigenvalue weighted by Crippen LogP contribution is 2.28. The third-order valence-corrected chi connectivity index (χ3v) is 4.64. The number of nitrogens with zero attached hydrogens (tertiary/aromatic N) is 1. The molecule has 0 saturated carbocycles. The lowest BCUT2D eigenvalue weighted by Gasteiger charge is -2.26. The smallest absolute Gasteiger partial charge is 0.161 e. The lowest BCUT2D eigenvalue weighted by Crippen LogP contribution is -2.31. The van der Waals surface area contributed by atoms with Crippen LogP contribution in [0.4, 0.5) is 4.39 Å². The molecule has 1 aliphatic rings. The molecule has 140 valence electrons.